The van der Waals surface area contributed by atoms with Crippen LogP contribution >= 0.6 is 15.9 Å². The van der Waals surface area contributed by atoms with Crippen LogP contribution in [-0.2, 0) is 7.05 Å². The van der Waals surface area contributed by atoms with Crippen LogP contribution in [0.3, 0.4) is 0 Å². The number of aromatic nitrogens is 3. The Hall–Kier alpha value is -0.460. The van der Waals surface area contributed by atoms with Gasteiger partial charge in [0.15, 0.2) is 4.60 Å². The normalized spacial score (nSPS) is 13.4. The second kappa shape index (κ2) is 6.32. The summed E-state index contributed by atoms with van der Waals surface area (Å²) in [5.41, 5.74) is 0.743. The van der Waals surface area contributed by atoms with Crippen LogP contribution in [0, 0.1) is 0 Å². The topological polar surface area (TPSA) is 54.2 Å². The lowest BCUT2D eigenvalue weighted by Crippen LogP contribution is -2.25. The van der Waals surface area contributed by atoms with Gasteiger partial charge in [0.05, 0.1) is 6.10 Å². The summed E-state index contributed by atoms with van der Waals surface area (Å²) >= 11 is 3.29. The minimum atomic E-state index is -0.519. The van der Waals surface area contributed by atoms with E-state index in [2.05, 4.69) is 45.0 Å². The maximum atomic E-state index is 10.1. The van der Waals surface area contributed by atoms with Gasteiger partial charge >= 0.3 is 0 Å². The van der Waals surface area contributed by atoms with Crippen LogP contribution in [0.2, 0.25) is 0 Å². The fourth-order valence-electron chi connectivity index (χ4n) is 1.67. The Bertz CT molecular complexity index is 305. The van der Waals surface area contributed by atoms with E-state index in [9.17, 15) is 5.11 Å². The molecule has 6 heteroatoms. The molecular weight excluding hydrogens is 272 g/mol. The first-order valence-electron chi connectivity index (χ1n) is 5.55. The Morgan fingerprint density at radius 3 is 2.50 bits per heavy atom. The summed E-state index contributed by atoms with van der Waals surface area (Å²) in [6, 6.07) is 0. The molecule has 1 unspecified atom stereocenters. The zero-order valence-corrected chi connectivity index (χ0v) is 11.6. The first-order valence-corrected chi connectivity index (χ1v) is 6.34. The van der Waals surface area contributed by atoms with E-state index in [1.165, 1.54) is 0 Å². The van der Waals surface area contributed by atoms with Crippen LogP contribution in [0.25, 0.3) is 0 Å². The van der Waals surface area contributed by atoms with Gasteiger partial charge in [0.25, 0.3) is 0 Å². The van der Waals surface area contributed by atoms with E-state index in [1.807, 2.05) is 0 Å². The van der Waals surface area contributed by atoms with E-state index in [-0.39, 0.29) is 0 Å². The van der Waals surface area contributed by atoms with Crippen LogP contribution in [-0.4, -0.2) is 44.6 Å². The Labute approximate surface area is 105 Å². The molecule has 0 aromatic carbocycles. The van der Waals surface area contributed by atoms with Crippen molar-refractivity contribution in [3.63, 3.8) is 0 Å². The molecule has 1 N–H and O–H groups in total. The monoisotopic (exact) mass is 290 g/mol. The maximum Gasteiger partial charge on any atom is 0.154 e. The van der Waals surface area contributed by atoms with Crippen LogP contribution in [0.5, 0.6) is 0 Å². The average Bonchev–Trinajstić information content (AvgIpc) is 2.60. The molecule has 0 saturated carbocycles. The molecule has 0 aliphatic heterocycles. The molecule has 0 aliphatic carbocycles. The highest BCUT2D eigenvalue weighted by atomic mass is 79.9. The maximum absolute atomic E-state index is 10.1. The Kier molecular flexibility index (Phi) is 5.37. The van der Waals surface area contributed by atoms with Gasteiger partial charge in [-0.15, -0.1) is 5.10 Å². The molecule has 1 aromatic heterocycles. The number of aliphatic hydroxyl groups excluding tert-OH is 1. The fraction of sp³-hybridized carbons (Fsp3) is 0.800. The third-order valence-electron chi connectivity index (χ3n) is 2.76. The van der Waals surface area contributed by atoms with Crippen molar-refractivity contribution in [2.45, 2.75) is 26.4 Å². The number of hydrogen-bond acceptors (Lipinski definition) is 4. The predicted molar refractivity (Wildman–Crippen MR) is 66.1 cm³/mol. The Balaban J connectivity index is 2.55. The molecule has 5 nitrogen and oxygen atoms in total. The van der Waals surface area contributed by atoms with Gasteiger partial charge in [-0.05, 0) is 35.4 Å². The summed E-state index contributed by atoms with van der Waals surface area (Å²) in [5.74, 6) is 0. The van der Waals surface area contributed by atoms with Crippen molar-refractivity contribution in [1.82, 2.24) is 19.9 Å². The van der Waals surface area contributed by atoms with Gasteiger partial charge in [-0.25, -0.2) is 4.68 Å². The van der Waals surface area contributed by atoms with E-state index < -0.39 is 6.10 Å². The van der Waals surface area contributed by atoms with E-state index >= 15 is 0 Å². The van der Waals surface area contributed by atoms with Crippen molar-refractivity contribution >= 4 is 15.9 Å². The van der Waals surface area contributed by atoms with Gasteiger partial charge < -0.3 is 10.0 Å². The molecule has 1 rings (SSSR count). The van der Waals surface area contributed by atoms with Gasteiger partial charge in [0.2, 0.25) is 0 Å². The van der Waals surface area contributed by atoms with Crippen molar-refractivity contribution < 1.29 is 5.11 Å². The lowest BCUT2D eigenvalue weighted by atomic mass is 10.2. The predicted octanol–water partition coefficient (Wildman–Crippen LogP) is 1.34. The highest BCUT2D eigenvalue weighted by Gasteiger charge is 2.17. The summed E-state index contributed by atoms with van der Waals surface area (Å²) in [4.78, 5) is 2.28. The number of aliphatic hydroxyl groups is 1. The van der Waals surface area contributed by atoms with Crippen LogP contribution in [0.15, 0.2) is 4.60 Å². The van der Waals surface area contributed by atoms with Gasteiger partial charge in [-0.3, -0.25) is 0 Å². The summed E-state index contributed by atoms with van der Waals surface area (Å²) in [5, 5.41) is 17.8. The molecule has 0 aliphatic rings. The third kappa shape index (κ3) is 3.26. The van der Waals surface area contributed by atoms with Gasteiger partial charge in [-0.2, -0.15) is 0 Å². The zero-order valence-electron chi connectivity index (χ0n) is 10.0. The molecule has 0 saturated heterocycles. The van der Waals surface area contributed by atoms with Gasteiger partial charge in [-0.1, -0.05) is 19.1 Å². The molecule has 1 atom stereocenters. The summed E-state index contributed by atoms with van der Waals surface area (Å²) in [6.07, 6.45) is 0.177. The molecule has 0 bridgehead atoms. The zero-order chi connectivity index (χ0) is 12.1. The number of rotatable bonds is 6. The molecule has 92 valence electrons. The largest absolute Gasteiger partial charge is 0.387 e. The quantitative estimate of drug-likeness (QED) is 0.859. The molecule has 0 spiro atoms. The third-order valence-corrected chi connectivity index (χ3v) is 3.32. The van der Waals surface area contributed by atoms with Crippen LogP contribution in [0.4, 0.5) is 0 Å². The van der Waals surface area contributed by atoms with Crippen molar-refractivity contribution in [3.8, 4) is 0 Å². The van der Waals surface area contributed by atoms with Crippen LogP contribution < -0.4 is 0 Å². The van der Waals surface area contributed by atoms with Crippen molar-refractivity contribution in [2.24, 2.45) is 7.05 Å². The lowest BCUT2D eigenvalue weighted by Gasteiger charge is -2.20. The Morgan fingerprint density at radius 2 is 2.06 bits per heavy atom. The molecular formula is C10H19BrN4O. The second-order valence-corrected chi connectivity index (χ2v) is 4.47. The summed E-state index contributed by atoms with van der Waals surface area (Å²) in [6.45, 7) is 7.14. The number of hydrogen-bond donors (Lipinski definition) is 1. The standard InChI is InChI=1S/C10H19BrN4O/c1-4-15(5-2)7-6-8(16)9-10(11)12-13-14(9)3/h8,16H,4-7H2,1-3H3. The minimum Gasteiger partial charge on any atom is -0.387 e. The van der Waals surface area contributed by atoms with Gasteiger partial charge in [0, 0.05) is 13.6 Å². The summed E-state index contributed by atoms with van der Waals surface area (Å²) in [7, 11) is 1.79. The van der Waals surface area contributed by atoms with E-state index in [0.29, 0.717) is 11.0 Å². The molecule has 1 heterocycles. The number of nitrogens with zero attached hydrogens (tertiary/aromatic N) is 4. The molecule has 16 heavy (non-hydrogen) atoms. The van der Waals surface area contributed by atoms with Gasteiger partial charge in [0.1, 0.15) is 5.69 Å². The van der Waals surface area contributed by atoms with E-state index in [0.717, 1.165) is 25.3 Å². The highest BCUT2D eigenvalue weighted by molar-refractivity contribution is 9.10. The fourth-order valence-corrected chi connectivity index (χ4v) is 2.27. The molecule has 1 aromatic rings. The van der Waals surface area contributed by atoms with Crippen molar-refractivity contribution in [2.75, 3.05) is 19.6 Å². The Morgan fingerprint density at radius 1 is 1.44 bits per heavy atom. The molecule has 0 fully saturated rings. The van der Waals surface area contributed by atoms with E-state index in [1.54, 1.807) is 11.7 Å². The van der Waals surface area contributed by atoms with Crippen molar-refractivity contribution in [1.29, 1.82) is 0 Å². The highest BCUT2D eigenvalue weighted by Crippen LogP contribution is 2.22. The average molecular weight is 291 g/mol. The van der Waals surface area contributed by atoms with Crippen molar-refractivity contribution in [3.05, 3.63) is 10.3 Å². The first kappa shape index (κ1) is 13.6. The second-order valence-electron chi connectivity index (χ2n) is 3.72. The minimum absolute atomic E-state index is 0.519. The van der Waals surface area contributed by atoms with Crippen LogP contribution in [0.1, 0.15) is 32.1 Å². The molecule has 0 radical (unpaired) electrons. The first-order chi connectivity index (χ1) is 7.60. The van der Waals surface area contributed by atoms with E-state index in [4.69, 9.17) is 0 Å². The number of aryl methyl sites for hydroxylation is 1. The number of halogens is 1. The molecule has 0 amide bonds. The lowest BCUT2D eigenvalue weighted by molar-refractivity contribution is 0.136. The smallest absolute Gasteiger partial charge is 0.154 e. The summed E-state index contributed by atoms with van der Waals surface area (Å²) < 4.78 is 2.24. The SMILES string of the molecule is CCN(CC)CCC(O)c1c(Br)nnn1C.